The van der Waals surface area contributed by atoms with E-state index in [-0.39, 0.29) is 49.8 Å². The van der Waals surface area contributed by atoms with E-state index in [1.54, 1.807) is 41.7 Å². The van der Waals surface area contributed by atoms with Crippen LogP contribution in [0.15, 0.2) is 0 Å². The van der Waals surface area contributed by atoms with Crippen molar-refractivity contribution in [3.63, 3.8) is 0 Å². The van der Waals surface area contributed by atoms with Crippen molar-refractivity contribution in [2.45, 2.75) is 192 Å². The molecule has 6 N–H and O–H groups in total. The van der Waals surface area contributed by atoms with E-state index in [1.165, 1.54) is 14.0 Å². The molecule has 0 spiro atoms. The number of cyclic esters (lactones) is 1. The first kappa shape index (κ1) is 53.8. The van der Waals surface area contributed by atoms with Crippen molar-refractivity contribution in [3.05, 3.63) is 0 Å². The quantitative estimate of drug-likeness (QED) is 0.108. The molecule has 18 atom stereocenters. The van der Waals surface area contributed by atoms with Gasteiger partial charge in [0.2, 0.25) is 5.91 Å². The van der Waals surface area contributed by atoms with Gasteiger partial charge in [-0.25, -0.2) is 0 Å². The van der Waals surface area contributed by atoms with Gasteiger partial charge in [0.1, 0.15) is 30.0 Å². The Hall–Kier alpha value is -1.58. The normalized spacial score (nSPS) is 43.9. The zero-order valence-corrected chi connectivity index (χ0v) is 39.9. The number of hydrogen-bond acceptors (Lipinski definition) is 16. The Morgan fingerprint density at radius 2 is 1.64 bits per heavy atom. The summed E-state index contributed by atoms with van der Waals surface area (Å²) in [5, 5.41) is 53.1. The number of carbonyl (C=O) groups excluding carboxylic acids is 2. The fraction of sp³-hybridized carbons (Fsp3) is 0.955. The molecule has 358 valence electrons. The third-order valence-corrected chi connectivity index (χ3v) is 13.5. The van der Waals surface area contributed by atoms with E-state index in [9.17, 15) is 30.0 Å². The molecule has 0 unspecified atom stereocenters. The molecular formula is C44H84N4O13. The molecule has 3 rings (SSSR count). The minimum atomic E-state index is -1.82. The molecule has 0 aromatic heterocycles. The summed E-state index contributed by atoms with van der Waals surface area (Å²) in [7, 11) is 9.03. The fourth-order valence-corrected chi connectivity index (χ4v) is 9.65. The topological polar surface area (TPSA) is 210 Å². The summed E-state index contributed by atoms with van der Waals surface area (Å²) in [6, 6.07) is -0.684. The van der Waals surface area contributed by atoms with Crippen LogP contribution in [0.25, 0.3) is 0 Å². The van der Waals surface area contributed by atoms with Crippen LogP contribution in [0.4, 0.5) is 0 Å². The van der Waals surface area contributed by atoms with E-state index in [0.717, 1.165) is 0 Å². The summed E-state index contributed by atoms with van der Waals surface area (Å²) < 4.78 is 45.2. The number of hydrogen-bond donors (Lipinski definition) is 6. The van der Waals surface area contributed by atoms with E-state index < -0.39 is 96.0 Å². The van der Waals surface area contributed by atoms with Gasteiger partial charge in [0.25, 0.3) is 0 Å². The van der Waals surface area contributed by atoms with Gasteiger partial charge in [0.05, 0.1) is 48.1 Å². The first-order chi connectivity index (χ1) is 28.3. The molecule has 0 bridgehead atoms. The molecule has 3 saturated heterocycles. The number of methoxy groups -OCH3 is 1. The zero-order chi connectivity index (χ0) is 46.2. The number of rotatable bonds is 14. The van der Waals surface area contributed by atoms with E-state index in [4.69, 9.17) is 33.2 Å². The summed E-state index contributed by atoms with van der Waals surface area (Å²) in [4.78, 5) is 30.5. The summed E-state index contributed by atoms with van der Waals surface area (Å²) >= 11 is 0. The van der Waals surface area contributed by atoms with Gasteiger partial charge in [-0.05, 0) is 108 Å². The van der Waals surface area contributed by atoms with Crippen molar-refractivity contribution < 1.29 is 63.2 Å². The lowest BCUT2D eigenvalue weighted by Gasteiger charge is -2.49. The smallest absolute Gasteiger partial charge is 0.311 e. The Kier molecular flexibility index (Phi) is 20.3. The summed E-state index contributed by atoms with van der Waals surface area (Å²) in [6.07, 6.45) is -7.07. The highest BCUT2D eigenvalue weighted by atomic mass is 16.7. The maximum Gasteiger partial charge on any atom is 0.311 e. The molecule has 0 aromatic carbocycles. The number of ether oxygens (including phenoxy) is 7. The molecule has 0 aliphatic carbocycles. The maximum absolute atomic E-state index is 14.4. The molecule has 61 heavy (non-hydrogen) atoms. The molecule has 3 heterocycles. The van der Waals surface area contributed by atoms with Gasteiger partial charge in [-0.2, -0.15) is 0 Å². The summed E-state index contributed by atoms with van der Waals surface area (Å²) in [5.74, 6) is -2.73. The van der Waals surface area contributed by atoms with Crippen LogP contribution in [0.3, 0.4) is 0 Å². The standard InChI is InChI=1S/C44H84N4O13/c1-16-32-44(10,54)37(50)29(6)48(14)24-25(2)21-42(8,53)39(27(4)35(28(5)40(52)59-32)60-34-22-43(9,55-15)38(51)30(7)58-34)61-41-36(31(47(12)13)20-26(3)57-41)56-19-17-18-46-33(49)23-45-11/h25-32,34-39,41,45,50-51,53-54H,16-24H2,1-15H3,(H,46,49)/t25-,26-,27+,28-,29-,30+,31+,32-,34+,35+,36-,37-,38+,39-,41+,42-,43-,44-/m1/s1. The number of esters is 1. The van der Waals surface area contributed by atoms with E-state index in [2.05, 4.69) is 15.5 Å². The Morgan fingerprint density at radius 3 is 2.23 bits per heavy atom. The molecule has 3 aliphatic heterocycles. The third kappa shape index (κ3) is 13.7. The van der Waals surface area contributed by atoms with Crippen LogP contribution in [0.5, 0.6) is 0 Å². The van der Waals surface area contributed by atoms with E-state index in [0.29, 0.717) is 32.5 Å². The first-order valence-corrected chi connectivity index (χ1v) is 22.4. The second-order valence-electron chi connectivity index (χ2n) is 19.2. The highest BCUT2D eigenvalue weighted by Crippen LogP contribution is 2.40. The van der Waals surface area contributed by atoms with Gasteiger partial charge in [-0.15, -0.1) is 0 Å². The molecule has 1 amide bonds. The van der Waals surface area contributed by atoms with Crippen molar-refractivity contribution in [1.29, 1.82) is 0 Å². The predicted molar refractivity (Wildman–Crippen MR) is 229 cm³/mol. The third-order valence-electron chi connectivity index (χ3n) is 13.5. The lowest BCUT2D eigenvalue weighted by molar-refractivity contribution is -0.321. The molecule has 3 aliphatic rings. The molecule has 0 aromatic rings. The number of amides is 1. The summed E-state index contributed by atoms with van der Waals surface area (Å²) in [6.45, 7) is 19.2. The highest BCUT2D eigenvalue weighted by Gasteiger charge is 2.53. The number of aliphatic hydroxyl groups excluding tert-OH is 2. The Bertz CT molecular complexity index is 1360. The van der Waals surface area contributed by atoms with Crippen molar-refractivity contribution in [2.75, 3.05) is 61.5 Å². The van der Waals surface area contributed by atoms with Crippen LogP contribution in [-0.4, -0.2) is 194 Å². The Morgan fingerprint density at radius 1 is 0.984 bits per heavy atom. The van der Waals surface area contributed by atoms with Crippen LogP contribution < -0.4 is 10.6 Å². The number of likely N-dealkylation sites (N-methyl/N-ethyl adjacent to an activating group) is 3. The molecule has 0 radical (unpaired) electrons. The fourth-order valence-electron chi connectivity index (χ4n) is 9.65. The molecule has 3 fully saturated rings. The van der Waals surface area contributed by atoms with Crippen LogP contribution in [0.1, 0.15) is 101 Å². The first-order valence-electron chi connectivity index (χ1n) is 22.4. The monoisotopic (exact) mass is 877 g/mol. The number of carbonyl (C=O) groups is 2. The van der Waals surface area contributed by atoms with Crippen molar-refractivity contribution in [2.24, 2.45) is 17.8 Å². The summed E-state index contributed by atoms with van der Waals surface area (Å²) in [5.41, 5.74) is -4.42. The number of nitrogens with one attached hydrogen (secondary N) is 2. The Balaban J connectivity index is 2.16. The van der Waals surface area contributed by atoms with Gasteiger partial charge in [0, 0.05) is 51.2 Å². The minimum absolute atomic E-state index is 0.113. The zero-order valence-electron chi connectivity index (χ0n) is 39.9. The Labute approximate surface area is 365 Å². The van der Waals surface area contributed by atoms with E-state index in [1.807, 2.05) is 53.7 Å². The minimum Gasteiger partial charge on any atom is -0.459 e. The SMILES string of the molecule is CC[C@H]1OC(=O)[C@H](C)[C@@H](O[C@H]2C[C@@](C)(OC)[C@@H](O)[C@H](C)O2)[C@H](C)[C@@H](O[C@@H]2O[C@H](C)C[C@H](N(C)C)[C@H]2OCCCNC(=O)CNC)[C@](C)(O)C[C@@H](C)CN(C)[C@H](C)[C@@H](O)[C@]1(C)O. The average Bonchev–Trinajstić information content (AvgIpc) is 3.18. The van der Waals surface area contributed by atoms with Gasteiger partial charge >= 0.3 is 5.97 Å². The molecule has 0 saturated carbocycles. The van der Waals surface area contributed by atoms with Crippen molar-refractivity contribution in [1.82, 2.24) is 20.4 Å². The van der Waals surface area contributed by atoms with Gasteiger partial charge in [-0.1, -0.05) is 20.8 Å². The van der Waals surface area contributed by atoms with Crippen LogP contribution in [0, 0.1) is 17.8 Å². The molecule has 17 nitrogen and oxygen atoms in total. The maximum atomic E-state index is 14.4. The highest BCUT2D eigenvalue weighted by molar-refractivity contribution is 5.77. The number of aliphatic hydroxyl groups is 4. The lowest BCUT2D eigenvalue weighted by atomic mass is 9.77. The molecular weight excluding hydrogens is 792 g/mol. The average molecular weight is 877 g/mol. The van der Waals surface area contributed by atoms with Crippen LogP contribution in [-0.2, 0) is 42.7 Å². The van der Waals surface area contributed by atoms with Crippen molar-refractivity contribution in [3.8, 4) is 0 Å². The number of nitrogens with zero attached hydrogens (tertiary/aromatic N) is 2. The van der Waals surface area contributed by atoms with Gasteiger partial charge in [-0.3, -0.25) is 9.59 Å². The second-order valence-corrected chi connectivity index (χ2v) is 19.2. The van der Waals surface area contributed by atoms with Crippen molar-refractivity contribution >= 4 is 11.9 Å². The molecule has 17 heteroatoms. The predicted octanol–water partition coefficient (Wildman–Crippen LogP) is 1.65. The largest absolute Gasteiger partial charge is 0.459 e. The lowest BCUT2D eigenvalue weighted by Crippen LogP contribution is -2.61. The van der Waals surface area contributed by atoms with Gasteiger partial charge < -0.3 is 74.0 Å². The second kappa shape index (κ2) is 23.0. The van der Waals surface area contributed by atoms with Crippen LogP contribution >= 0.6 is 0 Å². The van der Waals surface area contributed by atoms with Crippen LogP contribution in [0.2, 0.25) is 0 Å². The van der Waals surface area contributed by atoms with E-state index >= 15 is 0 Å². The van der Waals surface area contributed by atoms with Gasteiger partial charge in [0.15, 0.2) is 12.6 Å².